The number of benzene rings is 2. The predicted molar refractivity (Wildman–Crippen MR) is 130 cm³/mol. The molecule has 1 amide bonds. The van der Waals surface area contributed by atoms with Gasteiger partial charge in [-0.05, 0) is 66.8 Å². The van der Waals surface area contributed by atoms with Crippen LogP contribution in [0.5, 0.6) is 11.5 Å². The monoisotopic (exact) mass is 490 g/mol. The molecule has 34 heavy (non-hydrogen) atoms. The zero-order chi connectivity index (χ0) is 25.0. The second kappa shape index (κ2) is 10.8. The number of nitrogens with zero attached hydrogens (tertiary/aromatic N) is 1. The van der Waals surface area contributed by atoms with Crippen LogP contribution in [-0.4, -0.2) is 59.2 Å². The minimum atomic E-state index is -3.75. The van der Waals surface area contributed by atoms with Gasteiger partial charge in [-0.15, -0.1) is 0 Å². The highest BCUT2D eigenvalue weighted by Gasteiger charge is 2.28. The van der Waals surface area contributed by atoms with Crippen LogP contribution in [0.2, 0.25) is 0 Å². The molecule has 1 unspecified atom stereocenters. The van der Waals surface area contributed by atoms with Crippen LogP contribution in [0.25, 0.3) is 0 Å². The molecule has 1 aliphatic rings. The number of carbonyl (C=O) groups excluding carboxylic acids is 1. The number of hydrogen-bond acceptors (Lipinski definition) is 6. The van der Waals surface area contributed by atoms with Gasteiger partial charge in [-0.1, -0.05) is 13.8 Å². The molecule has 0 radical (unpaired) electrons. The Morgan fingerprint density at radius 2 is 1.65 bits per heavy atom. The van der Waals surface area contributed by atoms with Crippen molar-refractivity contribution in [2.75, 3.05) is 40.5 Å². The van der Waals surface area contributed by atoms with Crippen molar-refractivity contribution in [1.29, 1.82) is 0 Å². The molecular formula is C25H34N2O6S. The summed E-state index contributed by atoms with van der Waals surface area (Å²) in [6.07, 6.45) is 0. The second-order valence-corrected chi connectivity index (χ2v) is 10.6. The van der Waals surface area contributed by atoms with Crippen LogP contribution in [0.15, 0.2) is 35.2 Å². The standard InChI is InChI=1S/C25H34N2O6S/c1-16(2)20-15-21(17(3)13-24(20)32-6)18(4)26-25(28)22-14-19(7-8-23(22)31-5)34(29,30)27-9-11-33-12-10-27/h7-8,13-16,18H,9-12H2,1-6H3,(H,26,28). The van der Waals surface area contributed by atoms with Crippen LogP contribution in [0.1, 0.15) is 59.8 Å². The lowest BCUT2D eigenvalue weighted by atomic mass is 9.93. The summed E-state index contributed by atoms with van der Waals surface area (Å²) in [5.74, 6) is 0.960. The maximum Gasteiger partial charge on any atom is 0.255 e. The molecule has 8 nitrogen and oxygen atoms in total. The number of hydrogen-bond donors (Lipinski definition) is 1. The van der Waals surface area contributed by atoms with E-state index in [0.29, 0.717) is 19.0 Å². The number of nitrogens with one attached hydrogen (secondary N) is 1. The fourth-order valence-electron chi connectivity index (χ4n) is 4.12. The molecule has 1 fully saturated rings. The van der Waals surface area contributed by atoms with E-state index in [1.165, 1.54) is 29.6 Å². The van der Waals surface area contributed by atoms with Crippen LogP contribution in [0.3, 0.4) is 0 Å². The van der Waals surface area contributed by atoms with Crippen molar-refractivity contribution >= 4 is 15.9 Å². The van der Waals surface area contributed by atoms with E-state index in [1.807, 2.05) is 19.9 Å². The molecule has 1 heterocycles. The van der Waals surface area contributed by atoms with Gasteiger partial charge in [0.15, 0.2) is 0 Å². The zero-order valence-electron chi connectivity index (χ0n) is 20.7. The Morgan fingerprint density at radius 3 is 2.24 bits per heavy atom. The first-order valence-corrected chi connectivity index (χ1v) is 12.8. The second-order valence-electron chi connectivity index (χ2n) is 8.68. The third kappa shape index (κ3) is 5.37. The molecule has 2 aromatic carbocycles. The number of methoxy groups -OCH3 is 2. The Morgan fingerprint density at radius 1 is 1.00 bits per heavy atom. The smallest absolute Gasteiger partial charge is 0.255 e. The summed E-state index contributed by atoms with van der Waals surface area (Å²) in [5, 5.41) is 3.00. The predicted octanol–water partition coefficient (Wildman–Crippen LogP) is 3.65. The van der Waals surface area contributed by atoms with E-state index in [-0.39, 0.29) is 35.5 Å². The van der Waals surface area contributed by atoms with Crippen LogP contribution in [-0.2, 0) is 14.8 Å². The molecule has 0 bridgehead atoms. The van der Waals surface area contributed by atoms with Crippen molar-refractivity contribution in [1.82, 2.24) is 9.62 Å². The molecule has 1 aliphatic heterocycles. The Labute approximate surface area is 202 Å². The van der Waals surface area contributed by atoms with Crippen LogP contribution >= 0.6 is 0 Å². The first-order valence-electron chi connectivity index (χ1n) is 11.3. The van der Waals surface area contributed by atoms with Gasteiger partial charge in [0.25, 0.3) is 5.91 Å². The molecule has 0 spiro atoms. The molecule has 0 saturated carbocycles. The number of morpholine rings is 1. The summed E-state index contributed by atoms with van der Waals surface area (Å²) >= 11 is 0. The fraction of sp³-hybridized carbons (Fsp3) is 0.480. The van der Waals surface area contributed by atoms with Gasteiger partial charge < -0.3 is 19.5 Å². The minimum absolute atomic E-state index is 0.0516. The Hall–Kier alpha value is -2.62. The average molecular weight is 491 g/mol. The Kier molecular flexibility index (Phi) is 8.22. The zero-order valence-corrected chi connectivity index (χ0v) is 21.5. The van der Waals surface area contributed by atoms with E-state index < -0.39 is 15.9 Å². The SMILES string of the molecule is COc1ccc(S(=O)(=O)N2CCOCC2)cc1C(=O)NC(C)c1cc(C(C)C)c(OC)cc1C. The van der Waals surface area contributed by atoms with E-state index in [0.717, 1.165) is 22.4 Å². The minimum Gasteiger partial charge on any atom is -0.496 e. The molecule has 9 heteroatoms. The van der Waals surface area contributed by atoms with Gasteiger partial charge in [-0.2, -0.15) is 4.31 Å². The van der Waals surface area contributed by atoms with Gasteiger partial charge >= 0.3 is 0 Å². The van der Waals surface area contributed by atoms with E-state index in [4.69, 9.17) is 14.2 Å². The first-order chi connectivity index (χ1) is 16.1. The molecule has 1 N–H and O–H groups in total. The van der Waals surface area contributed by atoms with Crippen molar-refractivity contribution in [3.63, 3.8) is 0 Å². The van der Waals surface area contributed by atoms with Gasteiger partial charge in [0.1, 0.15) is 11.5 Å². The molecular weight excluding hydrogens is 456 g/mol. The molecule has 1 saturated heterocycles. The number of sulfonamides is 1. The third-order valence-electron chi connectivity index (χ3n) is 6.08. The van der Waals surface area contributed by atoms with Gasteiger partial charge in [0, 0.05) is 13.1 Å². The first kappa shape index (κ1) is 26.0. The number of rotatable bonds is 8. The normalized spacial score (nSPS) is 15.7. The van der Waals surface area contributed by atoms with E-state index in [2.05, 4.69) is 25.2 Å². The topological polar surface area (TPSA) is 94.2 Å². The lowest BCUT2D eigenvalue weighted by Gasteiger charge is -2.26. The maximum atomic E-state index is 13.3. The number of ether oxygens (including phenoxy) is 3. The quantitative estimate of drug-likeness (QED) is 0.607. The van der Waals surface area contributed by atoms with Crippen LogP contribution < -0.4 is 14.8 Å². The van der Waals surface area contributed by atoms with Crippen LogP contribution in [0, 0.1) is 6.92 Å². The highest BCUT2D eigenvalue weighted by atomic mass is 32.2. The fourth-order valence-corrected chi connectivity index (χ4v) is 5.56. The molecule has 2 aromatic rings. The van der Waals surface area contributed by atoms with Crippen molar-refractivity contribution in [2.24, 2.45) is 0 Å². The van der Waals surface area contributed by atoms with Crippen molar-refractivity contribution in [3.05, 3.63) is 52.6 Å². The average Bonchev–Trinajstić information content (AvgIpc) is 2.83. The highest BCUT2D eigenvalue weighted by Crippen LogP contribution is 2.32. The Bertz CT molecular complexity index is 1140. The largest absolute Gasteiger partial charge is 0.496 e. The summed E-state index contributed by atoms with van der Waals surface area (Å²) < 4.78 is 43.7. The van der Waals surface area contributed by atoms with Crippen molar-refractivity contribution < 1.29 is 27.4 Å². The van der Waals surface area contributed by atoms with Crippen LogP contribution in [0.4, 0.5) is 0 Å². The van der Waals surface area contributed by atoms with Crippen molar-refractivity contribution in [2.45, 2.75) is 44.6 Å². The van der Waals surface area contributed by atoms with E-state index in [9.17, 15) is 13.2 Å². The summed E-state index contributed by atoms with van der Waals surface area (Å²) in [6.45, 7) is 9.30. The van der Waals surface area contributed by atoms with E-state index in [1.54, 1.807) is 7.11 Å². The summed E-state index contributed by atoms with van der Waals surface area (Å²) in [5.41, 5.74) is 3.18. The molecule has 0 aliphatic carbocycles. The maximum absolute atomic E-state index is 13.3. The number of aryl methyl sites for hydroxylation is 1. The van der Waals surface area contributed by atoms with Gasteiger partial charge in [0.2, 0.25) is 10.0 Å². The molecule has 3 rings (SSSR count). The number of carbonyl (C=O) groups is 1. The molecule has 186 valence electrons. The summed E-state index contributed by atoms with van der Waals surface area (Å²) in [4.78, 5) is 13.3. The summed E-state index contributed by atoms with van der Waals surface area (Å²) in [7, 11) is -0.648. The summed E-state index contributed by atoms with van der Waals surface area (Å²) in [6, 6.07) is 8.07. The van der Waals surface area contributed by atoms with Gasteiger partial charge in [-0.25, -0.2) is 8.42 Å². The third-order valence-corrected chi connectivity index (χ3v) is 7.97. The lowest BCUT2D eigenvalue weighted by Crippen LogP contribution is -2.40. The van der Waals surface area contributed by atoms with Gasteiger partial charge in [-0.3, -0.25) is 4.79 Å². The van der Waals surface area contributed by atoms with E-state index >= 15 is 0 Å². The lowest BCUT2D eigenvalue weighted by molar-refractivity contribution is 0.0730. The van der Waals surface area contributed by atoms with Gasteiger partial charge in [0.05, 0.1) is 43.9 Å². The number of amides is 1. The molecule has 1 atom stereocenters. The molecule has 0 aromatic heterocycles. The highest BCUT2D eigenvalue weighted by molar-refractivity contribution is 7.89. The Balaban J connectivity index is 1.91. The van der Waals surface area contributed by atoms with Crippen molar-refractivity contribution in [3.8, 4) is 11.5 Å².